The van der Waals surface area contributed by atoms with Crippen LogP contribution in [0.2, 0.25) is 0 Å². The van der Waals surface area contributed by atoms with Crippen molar-refractivity contribution in [2.75, 3.05) is 62.6 Å². The molecule has 0 radical (unpaired) electrons. The van der Waals surface area contributed by atoms with Crippen LogP contribution in [0.4, 0.5) is 11.5 Å². The van der Waals surface area contributed by atoms with E-state index in [0.29, 0.717) is 5.11 Å². The van der Waals surface area contributed by atoms with Crippen molar-refractivity contribution in [3.63, 3.8) is 0 Å². The molecule has 1 aliphatic heterocycles. The third-order valence-corrected chi connectivity index (χ3v) is 7.10. The van der Waals surface area contributed by atoms with E-state index in [1.807, 2.05) is 12.4 Å². The Morgan fingerprint density at radius 1 is 1.11 bits per heavy atom. The van der Waals surface area contributed by atoms with Crippen LogP contribution in [0.1, 0.15) is 25.2 Å². The molecule has 9 heteroatoms. The van der Waals surface area contributed by atoms with Crippen LogP contribution >= 0.6 is 12.2 Å². The Labute approximate surface area is 214 Å². The van der Waals surface area contributed by atoms with Crippen molar-refractivity contribution in [1.29, 1.82) is 0 Å². The summed E-state index contributed by atoms with van der Waals surface area (Å²) in [7, 11) is 2.05. The number of nitrogens with one attached hydrogen (secondary N) is 2. The molecule has 8 nitrogen and oxygen atoms in total. The predicted octanol–water partition coefficient (Wildman–Crippen LogP) is 3.23. The van der Waals surface area contributed by atoms with Crippen LogP contribution in [0.5, 0.6) is 0 Å². The van der Waals surface area contributed by atoms with Gasteiger partial charge in [0.25, 0.3) is 0 Å². The van der Waals surface area contributed by atoms with E-state index in [2.05, 4.69) is 87.0 Å². The van der Waals surface area contributed by atoms with Gasteiger partial charge < -0.3 is 25.0 Å². The summed E-state index contributed by atoms with van der Waals surface area (Å²) in [6.45, 7) is 15.3. The molecule has 0 bridgehead atoms. The van der Waals surface area contributed by atoms with E-state index in [1.165, 1.54) is 5.56 Å². The highest BCUT2D eigenvalue weighted by Crippen LogP contribution is 2.26. The minimum atomic E-state index is 0.655. The molecule has 1 saturated heterocycles. The molecule has 2 aromatic heterocycles. The molecule has 3 aromatic rings. The zero-order valence-corrected chi connectivity index (χ0v) is 22.2. The number of hydrogen-bond donors (Lipinski definition) is 2. The van der Waals surface area contributed by atoms with E-state index in [0.717, 1.165) is 87.1 Å². The minimum Gasteiger partial charge on any atom is -0.361 e. The van der Waals surface area contributed by atoms with Crippen molar-refractivity contribution in [2.24, 2.45) is 7.05 Å². The molecule has 0 spiro atoms. The van der Waals surface area contributed by atoms with Crippen molar-refractivity contribution in [1.82, 2.24) is 29.7 Å². The van der Waals surface area contributed by atoms with Crippen LogP contribution in [0.15, 0.2) is 36.7 Å². The fraction of sp³-hybridized carbons (Fsp3) is 0.500. The minimum absolute atomic E-state index is 0.655. The van der Waals surface area contributed by atoms with Gasteiger partial charge in [-0.25, -0.2) is 9.97 Å². The number of pyridine rings is 1. The lowest BCUT2D eigenvalue weighted by molar-refractivity contribution is 0.241. The summed E-state index contributed by atoms with van der Waals surface area (Å²) in [4.78, 5) is 16.7. The van der Waals surface area contributed by atoms with Crippen molar-refractivity contribution >= 4 is 39.7 Å². The summed E-state index contributed by atoms with van der Waals surface area (Å²) in [5, 5.41) is 8.45. The van der Waals surface area contributed by atoms with E-state index in [9.17, 15) is 0 Å². The number of thiocarbonyl (C=S) groups is 1. The lowest BCUT2D eigenvalue weighted by Gasteiger charge is -2.35. The molecule has 1 fully saturated rings. The molecule has 1 aromatic carbocycles. The summed E-state index contributed by atoms with van der Waals surface area (Å²) in [6.07, 6.45) is 3.87. The molecule has 0 aliphatic carbocycles. The summed E-state index contributed by atoms with van der Waals surface area (Å²) < 4.78 is 2.10. The van der Waals surface area contributed by atoms with Crippen LogP contribution in [-0.2, 0) is 13.6 Å². The van der Waals surface area contributed by atoms with E-state index in [-0.39, 0.29) is 0 Å². The number of rotatable bonds is 9. The molecule has 1 aliphatic rings. The first kappa shape index (κ1) is 25.3. The van der Waals surface area contributed by atoms with Gasteiger partial charge >= 0.3 is 0 Å². The maximum absolute atomic E-state index is 5.50. The standard InChI is InChI=1S/C26H38N8S/c1-5-32(6-2)12-10-28-26(35)29-21-7-8-23-22(18-21)20(3)17-24(30-23)34-15-13-33(14-16-34)19-25-27-9-11-31(25)4/h7-9,11,17-18H,5-6,10,12-16,19H2,1-4H3,(H2,28,29,35). The third kappa shape index (κ3) is 6.48. The Morgan fingerprint density at radius 2 is 1.89 bits per heavy atom. The average molecular weight is 495 g/mol. The maximum atomic E-state index is 5.50. The summed E-state index contributed by atoms with van der Waals surface area (Å²) in [5.41, 5.74) is 3.23. The van der Waals surface area contributed by atoms with Gasteiger partial charge in [0.05, 0.1) is 12.1 Å². The molecule has 0 saturated carbocycles. The molecule has 0 unspecified atom stereocenters. The van der Waals surface area contributed by atoms with Gasteiger partial charge in [0.1, 0.15) is 11.6 Å². The second-order valence-corrected chi connectivity index (χ2v) is 9.56. The van der Waals surface area contributed by atoms with E-state index >= 15 is 0 Å². The number of aryl methyl sites for hydroxylation is 2. The molecule has 4 rings (SSSR count). The first-order valence-electron chi connectivity index (χ1n) is 12.6. The van der Waals surface area contributed by atoms with E-state index in [4.69, 9.17) is 17.2 Å². The highest BCUT2D eigenvalue weighted by molar-refractivity contribution is 7.80. The van der Waals surface area contributed by atoms with E-state index in [1.54, 1.807) is 0 Å². The Kier molecular flexibility index (Phi) is 8.54. The van der Waals surface area contributed by atoms with Crippen LogP contribution in [0, 0.1) is 6.92 Å². The number of aromatic nitrogens is 3. The lowest BCUT2D eigenvalue weighted by Crippen LogP contribution is -2.46. The van der Waals surface area contributed by atoms with Gasteiger partial charge in [-0.1, -0.05) is 13.8 Å². The van der Waals surface area contributed by atoms with Crippen LogP contribution in [-0.4, -0.2) is 81.8 Å². The first-order valence-corrected chi connectivity index (χ1v) is 13.0. The highest BCUT2D eigenvalue weighted by atomic mass is 32.1. The van der Waals surface area contributed by atoms with Gasteiger partial charge in [-0.15, -0.1) is 0 Å². The smallest absolute Gasteiger partial charge is 0.170 e. The van der Waals surface area contributed by atoms with Crippen molar-refractivity contribution in [3.8, 4) is 0 Å². The number of likely N-dealkylation sites (N-methyl/N-ethyl adjacent to an activating group) is 1. The third-order valence-electron chi connectivity index (χ3n) is 6.85. The number of piperazine rings is 1. The summed E-state index contributed by atoms with van der Waals surface area (Å²) in [6, 6.07) is 8.50. The Hall–Kier alpha value is -2.75. The largest absolute Gasteiger partial charge is 0.361 e. The molecule has 2 N–H and O–H groups in total. The zero-order chi connectivity index (χ0) is 24.8. The molecule has 188 valence electrons. The number of fused-ring (bicyclic) bond motifs is 1. The maximum Gasteiger partial charge on any atom is 0.170 e. The normalized spacial score (nSPS) is 14.6. The predicted molar refractivity (Wildman–Crippen MR) is 149 cm³/mol. The van der Waals surface area contributed by atoms with Gasteiger partial charge in [-0.3, -0.25) is 4.90 Å². The Morgan fingerprint density at radius 3 is 2.57 bits per heavy atom. The van der Waals surface area contributed by atoms with Crippen molar-refractivity contribution in [3.05, 3.63) is 48.0 Å². The van der Waals surface area contributed by atoms with Crippen LogP contribution in [0.25, 0.3) is 10.9 Å². The van der Waals surface area contributed by atoms with Gasteiger partial charge in [-0.2, -0.15) is 0 Å². The number of imidazole rings is 1. The first-order chi connectivity index (χ1) is 17.0. The van der Waals surface area contributed by atoms with Crippen LogP contribution in [0.3, 0.4) is 0 Å². The van der Waals surface area contributed by atoms with Gasteiger partial charge in [-0.05, 0) is 62.1 Å². The number of nitrogens with zero attached hydrogens (tertiary/aromatic N) is 6. The lowest BCUT2D eigenvalue weighted by atomic mass is 10.1. The Balaban J connectivity index is 1.35. The fourth-order valence-corrected chi connectivity index (χ4v) is 4.76. The molecule has 35 heavy (non-hydrogen) atoms. The average Bonchev–Trinajstić information content (AvgIpc) is 3.26. The quantitative estimate of drug-likeness (QED) is 0.440. The van der Waals surface area contributed by atoms with Gasteiger partial charge in [0.2, 0.25) is 0 Å². The van der Waals surface area contributed by atoms with Gasteiger partial charge in [0, 0.05) is 69.8 Å². The fourth-order valence-electron chi connectivity index (χ4n) is 4.54. The monoisotopic (exact) mass is 494 g/mol. The number of anilines is 2. The molecule has 0 amide bonds. The van der Waals surface area contributed by atoms with Crippen LogP contribution < -0.4 is 15.5 Å². The van der Waals surface area contributed by atoms with Crippen molar-refractivity contribution in [2.45, 2.75) is 27.3 Å². The molecule has 0 atom stereocenters. The summed E-state index contributed by atoms with van der Waals surface area (Å²) >= 11 is 5.50. The number of hydrogen-bond acceptors (Lipinski definition) is 6. The number of benzene rings is 1. The zero-order valence-electron chi connectivity index (χ0n) is 21.4. The second-order valence-electron chi connectivity index (χ2n) is 9.15. The SMILES string of the molecule is CCN(CC)CCNC(=S)Nc1ccc2nc(N3CCN(Cc4nccn4C)CC3)cc(C)c2c1. The van der Waals surface area contributed by atoms with E-state index < -0.39 is 0 Å². The summed E-state index contributed by atoms with van der Waals surface area (Å²) in [5.74, 6) is 2.17. The molecular formula is C26H38N8S. The van der Waals surface area contributed by atoms with Crippen molar-refractivity contribution < 1.29 is 0 Å². The Bertz CT molecular complexity index is 1130. The molecular weight excluding hydrogens is 456 g/mol. The van der Waals surface area contributed by atoms with Gasteiger partial charge in [0.15, 0.2) is 5.11 Å². The highest BCUT2D eigenvalue weighted by Gasteiger charge is 2.20. The molecule has 3 heterocycles. The topological polar surface area (TPSA) is 64.5 Å². The second kappa shape index (κ2) is 11.8.